The number of carbonyl (C=O) groups excluding carboxylic acids is 1. The van der Waals surface area contributed by atoms with Crippen molar-refractivity contribution in [2.75, 3.05) is 7.11 Å². The van der Waals surface area contributed by atoms with Crippen molar-refractivity contribution >= 4 is 6.09 Å². The molecule has 1 atom stereocenters. The summed E-state index contributed by atoms with van der Waals surface area (Å²) in [7, 11) is 1.33. The Kier molecular flexibility index (Phi) is 5.74. The molecule has 0 N–H and O–H groups in total. The van der Waals surface area contributed by atoms with Crippen LogP contribution in [0.1, 0.15) is 17.2 Å². The lowest BCUT2D eigenvalue weighted by molar-refractivity contribution is -0.167. The van der Waals surface area contributed by atoms with E-state index in [9.17, 15) is 4.79 Å². The molecule has 0 fully saturated rings. The van der Waals surface area contributed by atoms with Gasteiger partial charge in [0.15, 0.2) is 0 Å². The molecule has 0 saturated carbocycles. The Balaban J connectivity index is 2.15. The van der Waals surface area contributed by atoms with Gasteiger partial charge in [0.1, 0.15) is 6.10 Å². The monoisotopic (exact) mass is 297 g/mol. The Labute approximate surface area is 130 Å². The average molecular weight is 297 g/mol. The fourth-order valence-corrected chi connectivity index (χ4v) is 2.02. The van der Waals surface area contributed by atoms with Gasteiger partial charge >= 0.3 is 6.09 Å². The van der Waals surface area contributed by atoms with Crippen LogP contribution in [0.15, 0.2) is 73.3 Å². The summed E-state index contributed by atoms with van der Waals surface area (Å²) >= 11 is 0. The molecule has 2 aromatic carbocycles. The molecule has 22 heavy (non-hydrogen) atoms. The van der Waals surface area contributed by atoms with Gasteiger partial charge in [0.25, 0.3) is 0 Å². The van der Waals surface area contributed by atoms with Crippen LogP contribution in [0.4, 0.5) is 4.79 Å². The van der Waals surface area contributed by atoms with Crippen LogP contribution >= 0.6 is 0 Å². The van der Waals surface area contributed by atoms with Gasteiger partial charge in [-0.2, -0.15) is 5.06 Å². The van der Waals surface area contributed by atoms with E-state index in [4.69, 9.17) is 9.57 Å². The van der Waals surface area contributed by atoms with Gasteiger partial charge in [-0.15, -0.1) is 6.58 Å². The zero-order chi connectivity index (χ0) is 15.8. The molecule has 4 nitrogen and oxygen atoms in total. The molecule has 0 aromatic heterocycles. The van der Waals surface area contributed by atoms with Crippen molar-refractivity contribution in [2.24, 2.45) is 0 Å². The maximum absolute atomic E-state index is 11.9. The minimum Gasteiger partial charge on any atom is -0.451 e. The van der Waals surface area contributed by atoms with Crippen LogP contribution in [-0.4, -0.2) is 18.3 Å². The van der Waals surface area contributed by atoms with Gasteiger partial charge in [0.05, 0.1) is 13.7 Å². The first-order chi connectivity index (χ1) is 10.7. The summed E-state index contributed by atoms with van der Waals surface area (Å²) in [5, 5.41) is 1.20. The third-order valence-corrected chi connectivity index (χ3v) is 3.13. The highest BCUT2D eigenvalue weighted by molar-refractivity contribution is 5.66. The van der Waals surface area contributed by atoms with Gasteiger partial charge in [0, 0.05) is 0 Å². The first-order valence-corrected chi connectivity index (χ1v) is 6.98. The highest BCUT2D eigenvalue weighted by Crippen LogP contribution is 2.21. The van der Waals surface area contributed by atoms with Crippen molar-refractivity contribution in [3.63, 3.8) is 0 Å². The second kappa shape index (κ2) is 8.00. The second-order valence-electron chi connectivity index (χ2n) is 4.66. The Morgan fingerprint density at radius 2 is 1.73 bits per heavy atom. The minimum atomic E-state index is -0.549. The summed E-state index contributed by atoms with van der Waals surface area (Å²) < 4.78 is 4.79. The van der Waals surface area contributed by atoms with Crippen LogP contribution in [0.5, 0.6) is 0 Å². The van der Waals surface area contributed by atoms with Crippen molar-refractivity contribution in [2.45, 2.75) is 12.6 Å². The summed E-state index contributed by atoms with van der Waals surface area (Å²) in [5.74, 6) is 0. The van der Waals surface area contributed by atoms with Crippen molar-refractivity contribution in [3.8, 4) is 0 Å². The fourth-order valence-electron chi connectivity index (χ4n) is 2.02. The number of hydrogen-bond acceptors (Lipinski definition) is 3. The number of nitrogens with zero attached hydrogens (tertiary/aromatic N) is 1. The second-order valence-corrected chi connectivity index (χ2v) is 4.66. The van der Waals surface area contributed by atoms with E-state index in [0.717, 1.165) is 11.1 Å². The molecule has 0 saturated heterocycles. The molecule has 0 spiro atoms. The molecule has 0 radical (unpaired) electrons. The van der Waals surface area contributed by atoms with Gasteiger partial charge in [-0.3, -0.25) is 4.84 Å². The quantitative estimate of drug-likeness (QED) is 0.595. The van der Waals surface area contributed by atoms with Crippen molar-refractivity contribution < 1.29 is 14.4 Å². The lowest BCUT2D eigenvalue weighted by Gasteiger charge is -2.25. The lowest BCUT2D eigenvalue weighted by Crippen LogP contribution is -2.31. The summed E-state index contributed by atoms with van der Waals surface area (Å²) in [6, 6.07) is 19.2. The molecular weight excluding hydrogens is 278 g/mol. The number of ether oxygens (including phenoxy) is 1. The van der Waals surface area contributed by atoms with Crippen LogP contribution in [0, 0.1) is 0 Å². The third kappa shape index (κ3) is 4.20. The molecule has 0 aliphatic rings. The van der Waals surface area contributed by atoms with Crippen molar-refractivity contribution in [1.29, 1.82) is 0 Å². The zero-order valence-electron chi connectivity index (χ0n) is 12.5. The number of methoxy groups -OCH3 is 1. The molecule has 0 bridgehead atoms. The zero-order valence-corrected chi connectivity index (χ0v) is 12.5. The standard InChI is InChI=1S/C18H19NO3/c1-3-17(16-12-8-5-9-13-16)22-19(18(20)21-2)14-15-10-6-4-7-11-15/h3-13,17H,1,14H2,2H3/t17-/m1/s1. The topological polar surface area (TPSA) is 38.8 Å². The largest absolute Gasteiger partial charge is 0.451 e. The molecule has 2 aromatic rings. The first kappa shape index (κ1) is 15.8. The summed E-state index contributed by atoms with van der Waals surface area (Å²) in [6.07, 6.45) is 0.673. The van der Waals surface area contributed by atoms with E-state index in [1.54, 1.807) is 6.08 Å². The summed E-state index contributed by atoms with van der Waals surface area (Å²) in [4.78, 5) is 17.7. The maximum Gasteiger partial charge on any atom is 0.434 e. The number of benzene rings is 2. The smallest absolute Gasteiger partial charge is 0.434 e. The summed E-state index contributed by atoms with van der Waals surface area (Å²) in [6.45, 7) is 4.08. The van der Waals surface area contributed by atoms with Crippen LogP contribution in [0.2, 0.25) is 0 Å². The molecule has 4 heteroatoms. The Bertz CT molecular complexity index is 598. The van der Waals surface area contributed by atoms with Gasteiger partial charge in [-0.1, -0.05) is 66.7 Å². The van der Waals surface area contributed by atoms with E-state index in [1.807, 2.05) is 60.7 Å². The molecule has 0 aliphatic carbocycles. The number of carbonyl (C=O) groups is 1. The molecule has 1 amide bonds. The normalized spacial score (nSPS) is 11.5. The first-order valence-electron chi connectivity index (χ1n) is 6.98. The minimum absolute atomic E-state index is 0.296. The predicted octanol–water partition coefficient (Wildman–Crippen LogP) is 4.11. The number of hydroxylamine groups is 2. The van der Waals surface area contributed by atoms with Crippen LogP contribution in [0.25, 0.3) is 0 Å². The highest BCUT2D eigenvalue weighted by Gasteiger charge is 2.20. The van der Waals surface area contributed by atoms with E-state index in [1.165, 1.54) is 12.2 Å². The van der Waals surface area contributed by atoms with Crippen molar-refractivity contribution in [1.82, 2.24) is 5.06 Å². The molecule has 114 valence electrons. The summed E-state index contributed by atoms with van der Waals surface area (Å²) in [5.41, 5.74) is 1.86. The van der Waals surface area contributed by atoms with E-state index >= 15 is 0 Å². The van der Waals surface area contributed by atoms with Gasteiger partial charge < -0.3 is 4.74 Å². The Hall–Kier alpha value is -2.59. The molecule has 0 unspecified atom stereocenters. The van der Waals surface area contributed by atoms with Crippen molar-refractivity contribution in [3.05, 3.63) is 84.4 Å². The molecule has 0 heterocycles. The molecule has 2 rings (SSSR count). The van der Waals surface area contributed by atoms with E-state index < -0.39 is 12.2 Å². The van der Waals surface area contributed by atoms with E-state index in [2.05, 4.69) is 6.58 Å². The number of hydrogen-bond donors (Lipinski definition) is 0. The average Bonchev–Trinajstić information content (AvgIpc) is 2.59. The van der Waals surface area contributed by atoms with E-state index in [-0.39, 0.29) is 0 Å². The molecule has 0 aliphatic heterocycles. The molecular formula is C18H19NO3. The van der Waals surface area contributed by atoms with Gasteiger partial charge in [-0.25, -0.2) is 4.79 Å². The maximum atomic E-state index is 11.9. The number of rotatable bonds is 6. The van der Waals surface area contributed by atoms with Crippen LogP contribution < -0.4 is 0 Å². The van der Waals surface area contributed by atoms with Gasteiger partial charge in [-0.05, 0) is 11.1 Å². The lowest BCUT2D eigenvalue weighted by atomic mass is 10.1. The number of amides is 1. The predicted molar refractivity (Wildman–Crippen MR) is 84.9 cm³/mol. The SMILES string of the molecule is C=C[C@@H](ON(Cc1ccccc1)C(=O)OC)c1ccccc1. The highest BCUT2D eigenvalue weighted by atomic mass is 16.7. The third-order valence-electron chi connectivity index (χ3n) is 3.13. The van der Waals surface area contributed by atoms with Crippen LogP contribution in [-0.2, 0) is 16.1 Å². The van der Waals surface area contributed by atoms with E-state index in [0.29, 0.717) is 6.54 Å². The van der Waals surface area contributed by atoms with Gasteiger partial charge in [0.2, 0.25) is 0 Å². The fraction of sp³-hybridized carbons (Fsp3) is 0.167. The van der Waals surface area contributed by atoms with Crippen LogP contribution in [0.3, 0.4) is 0 Å². The Morgan fingerprint density at radius 3 is 2.27 bits per heavy atom. The Morgan fingerprint density at radius 1 is 1.14 bits per heavy atom.